The zero-order valence-corrected chi connectivity index (χ0v) is 9.76. The van der Waals surface area contributed by atoms with Gasteiger partial charge < -0.3 is 15.5 Å². The average Bonchev–Trinajstić information content (AvgIpc) is 2.81. The third-order valence-electron chi connectivity index (χ3n) is 2.72. The first-order valence-electron chi connectivity index (χ1n) is 5.75. The van der Waals surface area contributed by atoms with Gasteiger partial charge in [0.2, 0.25) is 0 Å². The van der Waals surface area contributed by atoms with Gasteiger partial charge in [-0.25, -0.2) is 0 Å². The predicted octanol–water partition coefficient (Wildman–Crippen LogP) is 3.02. The molecule has 90 valence electrons. The molecule has 0 spiro atoms. The second kappa shape index (κ2) is 4.41. The number of rotatable bonds is 3. The van der Waals surface area contributed by atoms with Crippen LogP contribution >= 0.6 is 0 Å². The summed E-state index contributed by atoms with van der Waals surface area (Å²) in [5.74, 6) is 0. The summed E-state index contributed by atoms with van der Waals surface area (Å²) >= 11 is 0. The number of fused-ring (bicyclic) bond motifs is 1. The van der Waals surface area contributed by atoms with Crippen LogP contribution in [0.15, 0.2) is 52.9 Å². The first-order valence-corrected chi connectivity index (χ1v) is 5.75. The lowest BCUT2D eigenvalue weighted by Crippen LogP contribution is -1.99. The highest BCUT2D eigenvalue weighted by Gasteiger charge is 2.03. The number of nitrogen functional groups attached to an aromatic ring is 1. The molecule has 4 heteroatoms. The minimum Gasteiger partial charge on any atom is -0.424 e. The first kappa shape index (κ1) is 10.7. The maximum Gasteiger partial charge on any atom is 0.295 e. The van der Waals surface area contributed by atoms with Crippen molar-refractivity contribution in [1.29, 1.82) is 0 Å². The van der Waals surface area contributed by atoms with E-state index in [1.54, 1.807) is 0 Å². The number of anilines is 2. The average molecular weight is 239 g/mol. The Morgan fingerprint density at radius 1 is 1.06 bits per heavy atom. The smallest absolute Gasteiger partial charge is 0.295 e. The van der Waals surface area contributed by atoms with Crippen molar-refractivity contribution < 1.29 is 4.42 Å². The van der Waals surface area contributed by atoms with Crippen LogP contribution in [-0.2, 0) is 6.54 Å². The van der Waals surface area contributed by atoms with E-state index in [1.807, 2.05) is 48.5 Å². The fourth-order valence-electron chi connectivity index (χ4n) is 1.76. The molecule has 0 unspecified atom stereocenters. The van der Waals surface area contributed by atoms with Crippen molar-refractivity contribution >= 4 is 22.8 Å². The van der Waals surface area contributed by atoms with Crippen molar-refractivity contribution in [2.24, 2.45) is 0 Å². The van der Waals surface area contributed by atoms with Gasteiger partial charge in [-0.2, -0.15) is 4.98 Å². The molecule has 0 fully saturated rings. The summed E-state index contributed by atoms with van der Waals surface area (Å²) in [5, 5.41) is 3.15. The van der Waals surface area contributed by atoms with Crippen molar-refractivity contribution in [3.8, 4) is 0 Å². The number of nitrogens with one attached hydrogen (secondary N) is 1. The predicted molar refractivity (Wildman–Crippen MR) is 72.2 cm³/mol. The highest BCUT2D eigenvalue weighted by atomic mass is 16.4. The zero-order valence-electron chi connectivity index (χ0n) is 9.76. The van der Waals surface area contributed by atoms with Gasteiger partial charge in [-0.3, -0.25) is 0 Å². The quantitative estimate of drug-likeness (QED) is 0.689. The molecule has 0 atom stereocenters. The van der Waals surface area contributed by atoms with Crippen LogP contribution in [0.5, 0.6) is 0 Å². The molecule has 0 aliphatic carbocycles. The molecule has 2 aromatic carbocycles. The third kappa shape index (κ3) is 2.13. The molecular weight excluding hydrogens is 226 g/mol. The van der Waals surface area contributed by atoms with Gasteiger partial charge in [0.15, 0.2) is 5.58 Å². The summed E-state index contributed by atoms with van der Waals surface area (Å²) in [6.45, 7) is 0.660. The van der Waals surface area contributed by atoms with Gasteiger partial charge in [0.1, 0.15) is 5.52 Å². The highest BCUT2D eigenvalue weighted by Crippen LogP contribution is 2.18. The Labute approximate surface area is 104 Å². The Kier molecular flexibility index (Phi) is 2.61. The van der Waals surface area contributed by atoms with E-state index in [4.69, 9.17) is 10.2 Å². The molecule has 0 bridgehead atoms. The molecule has 3 rings (SSSR count). The van der Waals surface area contributed by atoms with Crippen molar-refractivity contribution in [2.75, 3.05) is 11.1 Å². The number of nitrogens with zero attached hydrogens (tertiary/aromatic N) is 1. The molecule has 4 nitrogen and oxygen atoms in total. The first-order chi connectivity index (χ1) is 8.81. The zero-order chi connectivity index (χ0) is 12.4. The van der Waals surface area contributed by atoms with Crippen LogP contribution in [0.3, 0.4) is 0 Å². The lowest BCUT2D eigenvalue weighted by atomic mass is 10.2. The van der Waals surface area contributed by atoms with E-state index < -0.39 is 0 Å². The largest absolute Gasteiger partial charge is 0.424 e. The Balaban J connectivity index is 1.74. The molecule has 0 amide bonds. The van der Waals surface area contributed by atoms with Gasteiger partial charge >= 0.3 is 0 Å². The molecule has 18 heavy (non-hydrogen) atoms. The van der Waals surface area contributed by atoms with E-state index in [2.05, 4.69) is 10.3 Å². The van der Waals surface area contributed by atoms with Crippen LogP contribution in [0.2, 0.25) is 0 Å². The topological polar surface area (TPSA) is 64.1 Å². The minimum absolute atomic E-state index is 0.535. The van der Waals surface area contributed by atoms with Gasteiger partial charge in [0.25, 0.3) is 6.01 Å². The molecular formula is C14H13N3O. The van der Waals surface area contributed by atoms with Crippen molar-refractivity contribution in [2.45, 2.75) is 6.54 Å². The summed E-state index contributed by atoms with van der Waals surface area (Å²) in [5.41, 5.74) is 9.18. The molecule has 3 aromatic rings. The van der Waals surface area contributed by atoms with E-state index in [1.165, 1.54) is 0 Å². The molecule has 0 radical (unpaired) electrons. The number of hydrogen-bond acceptors (Lipinski definition) is 4. The van der Waals surface area contributed by atoms with Crippen LogP contribution < -0.4 is 11.1 Å². The lowest BCUT2D eigenvalue weighted by molar-refractivity contribution is 0.614. The van der Waals surface area contributed by atoms with Crippen LogP contribution in [0.4, 0.5) is 11.7 Å². The molecule has 3 N–H and O–H groups in total. The molecule has 0 aliphatic rings. The lowest BCUT2D eigenvalue weighted by Gasteiger charge is -2.02. The Hall–Kier alpha value is -2.49. The van der Waals surface area contributed by atoms with Crippen molar-refractivity contribution in [3.05, 3.63) is 54.1 Å². The molecule has 1 heterocycles. The highest BCUT2D eigenvalue weighted by molar-refractivity contribution is 5.74. The van der Waals surface area contributed by atoms with Gasteiger partial charge in [-0.05, 0) is 29.8 Å². The normalized spacial score (nSPS) is 10.7. The number of aromatic nitrogens is 1. The third-order valence-corrected chi connectivity index (χ3v) is 2.72. The number of para-hydroxylation sites is 2. The minimum atomic E-state index is 0.535. The number of nitrogens with two attached hydrogens (primary N) is 1. The van der Waals surface area contributed by atoms with E-state index in [0.29, 0.717) is 12.6 Å². The molecule has 0 aliphatic heterocycles. The van der Waals surface area contributed by atoms with Crippen molar-refractivity contribution in [1.82, 2.24) is 4.98 Å². The number of benzene rings is 2. The SMILES string of the molecule is Nc1ccc(CNc2nc3ccccc3o2)cc1. The van der Waals surface area contributed by atoms with E-state index in [0.717, 1.165) is 22.4 Å². The van der Waals surface area contributed by atoms with E-state index >= 15 is 0 Å². The van der Waals surface area contributed by atoms with Gasteiger partial charge in [-0.15, -0.1) is 0 Å². The molecule has 0 saturated heterocycles. The Morgan fingerprint density at radius 3 is 2.61 bits per heavy atom. The Morgan fingerprint density at radius 2 is 1.83 bits per heavy atom. The number of hydrogen-bond donors (Lipinski definition) is 2. The fraction of sp³-hybridized carbons (Fsp3) is 0.0714. The monoisotopic (exact) mass is 239 g/mol. The summed E-state index contributed by atoms with van der Waals surface area (Å²) in [6, 6.07) is 15.9. The summed E-state index contributed by atoms with van der Waals surface area (Å²) in [7, 11) is 0. The van der Waals surface area contributed by atoms with E-state index in [9.17, 15) is 0 Å². The van der Waals surface area contributed by atoms with Crippen LogP contribution in [0.1, 0.15) is 5.56 Å². The maximum atomic E-state index is 5.63. The fourth-order valence-corrected chi connectivity index (χ4v) is 1.76. The molecule has 1 aromatic heterocycles. The van der Waals surface area contributed by atoms with Crippen LogP contribution in [-0.4, -0.2) is 4.98 Å². The second-order valence-corrected chi connectivity index (χ2v) is 4.08. The summed E-state index contributed by atoms with van der Waals surface area (Å²) in [6.07, 6.45) is 0. The van der Waals surface area contributed by atoms with Crippen LogP contribution in [0, 0.1) is 0 Å². The summed E-state index contributed by atoms with van der Waals surface area (Å²) in [4.78, 5) is 4.34. The number of oxazole rings is 1. The summed E-state index contributed by atoms with van der Waals surface area (Å²) < 4.78 is 5.57. The Bertz CT molecular complexity index is 625. The van der Waals surface area contributed by atoms with E-state index in [-0.39, 0.29) is 0 Å². The second-order valence-electron chi connectivity index (χ2n) is 4.08. The standard InChI is InChI=1S/C14H13N3O/c15-11-7-5-10(6-8-11)9-16-14-17-12-3-1-2-4-13(12)18-14/h1-8H,9,15H2,(H,16,17). The van der Waals surface area contributed by atoms with Crippen molar-refractivity contribution in [3.63, 3.8) is 0 Å². The molecule has 0 saturated carbocycles. The van der Waals surface area contributed by atoms with Gasteiger partial charge in [-0.1, -0.05) is 24.3 Å². The van der Waals surface area contributed by atoms with Crippen LogP contribution in [0.25, 0.3) is 11.1 Å². The van der Waals surface area contributed by atoms with Gasteiger partial charge in [0, 0.05) is 12.2 Å². The maximum absolute atomic E-state index is 5.63. The van der Waals surface area contributed by atoms with Gasteiger partial charge in [0.05, 0.1) is 0 Å².